The summed E-state index contributed by atoms with van der Waals surface area (Å²) in [6, 6.07) is 6.38. The molecule has 7 heteroatoms. The molecule has 1 heterocycles. The lowest BCUT2D eigenvalue weighted by Crippen LogP contribution is -2.21. The summed E-state index contributed by atoms with van der Waals surface area (Å²) in [5, 5.41) is 5.45. The average molecular weight is 307 g/mol. The number of aromatic nitrogens is 1. The van der Waals surface area contributed by atoms with Gasteiger partial charge in [-0.1, -0.05) is 0 Å². The van der Waals surface area contributed by atoms with Crippen LogP contribution in [0.5, 0.6) is 5.75 Å². The van der Waals surface area contributed by atoms with Crippen molar-refractivity contribution in [3.63, 3.8) is 0 Å². The number of nitrogens with zero attached hydrogens (tertiary/aromatic N) is 1. The smallest absolute Gasteiger partial charge is 0.254 e. The van der Waals surface area contributed by atoms with E-state index in [2.05, 4.69) is 15.6 Å². The van der Waals surface area contributed by atoms with Gasteiger partial charge in [0.25, 0.3) is 5.91 Å². The first-order chi connectivity index (χ1) is 10.6. The van der Waals surface area contributed by atoms with Crippen molar-refractivity contribution in [1.82, 2.24) is 10.3 Å². The SMILES string of the molecule is CNC(=O)c1cccnc1NCCOc1ccc(F)cc1F. The lowest BCUT2D eigenvalue weighted by Gasteiger charge is -2.11. The fraction of sp³-hybridized carbons (Fsp3) is 0.200. The molecular weight excluding hydrogens is 292 g/mol. The lowest BCUT2D eigenvalue weighted by atomic mass is 10.2. The Hall–Kier alpha value is -2.70. The molecule has 1 aromatic carbocycles. The van der Waals surface area contributed by atoms with Crippen molar-refractivity contribution < 1.29 is 18.3 Å². The monoisotopic (exact) mass is 307 g/mol. The molecule has 2 rings (SSSR count). The van der Waals surface area contributed by atoms with Crippen molar-refractivity contribution in [3.8, 4) is 5.75 Å². The van der Waals surface area contributed by atoms with Crippen LogP contribution in [0.4, 0.5) is 14.6 Å². The second-order valence-electron chi connectivity index (χ2n) is 4.33. The third kappa shape index (κ3) is 3.91. The number of anilines is 1. The number of nitrogens with one attached hydrogen (secondary N) is 2. The van der Waals surface area contributed by atoms with E-state index >= 15 is 0 Å². The number of ether oxygens (including phenoxy) is 1. The molecular formula is C15H15F2N3O2. The van der Waals surface area contributed by atoms with E-state index in [-0.39, 0.29) is 18.3 Å². The van der Waals surface area contributed by atoms with Gasteiger partial charge in [0.15, 0.2) is 11.6 Å². The second kappa shape index (κ2) is 7.35. The number of pyridine rings is 1. The number of benzene rings is 1. The van der Waals surface area contributed by atoms with Gasteiger partial charge in [0.1, 0.15) is 18.2 Å². The highest BCUT2D eigenvalue weighted by molar-refractivity contribution is 5.98. The Bertz CT molecular complexity index is 665. The predicted molar refractivity (Wildman–Crippen MR) is 78.0 cm³/mol. The van der Waals surface area contributed by atoms with Crippen LogP contribution in [0.1, 0.15) is 10.4 Å². The quantitative estimate of drug-likeness (QED) is 0.803. The number of hydrogen-bond donors (Lipinski definition) is 2. The standard InChI is InChI=1S/C15H15F2N3O2/c1-18-15(21)11-3-2-6-19-14(11)20-7-8-22-13-5-4-10(16)9-12(13)17/h2-6,9H,7-8H2,1H3,(H,18,21)(H,19,20). The van der Waals surface area contributed by atoms with Gasteiger partial charge in [-0.3, -0.25) is 4.79 Å². The van der Waals surface area contributed by atoms with Crippen LogP contribution in [-0.4, -0.2) is 31.1 Å². The van der Waals surface area contributed by atoms with Crippen LogP contribution in [0.25, 0.3) is 0 Å². The fourth-order valence-corrected chi connectivity index (χ4v) is 1.79. The van der Waals surface area contributed by atoms with Crippen LogP contribution < -0.4 is 15.4 Å². The first-order valence-corrected chi connectivity index (χ1v) is 6.60. The number of amides is 1. The van der Waals surface area contributed by atoms with Crippen molar-refractivity contribution in [2.45, 2.75) is 0 Å². The largest absolute Gasteiger partial charge is 0.489 e. The molecule has 0 spiro atoms. The number of carbonyl (C=O) groups is 1. The van der Waals surface area contributed by atoms with Crippen LogP contribution in [0.3, 0.4) is 0 Å². The normalized spacial score (nSPS) is 10.1. The summed E-state index contributed by atoms with van der Waals surface area (Å²) in [7, 11) is 1.53. The van der Waals surface area contributed by atoms with E-state index in [1.54, 1.807) is 18.3 Å². The zero-order valence-corrected chi connectivity index (χ0v) is 11.9. The van der Waals surface area contributed by atoms with Crippen LogP contribution in [0.2, 0.25) is 0 Å². The highest BCUT2D eigenvalue weighted by Gasteiger charge is 2.10. The minimum Gasteiger partial charge on any atom is -0.489 e. The maximum absolute atomic E-state index is 13.4. The Morgan fingerprint density at radius 2 is 2.14 bits per heavy atom. The van der Waals surface area contributed by atoms with Crippen LogP contribution in [-0.2, 0) is 0 Å². The Kier molecular flexibility index (Phi) is 5.24. The summed E-state index contributed by atoms with van der Waals surface area (Å²) in [4.78, 5) is 15.7. The predicted octanol–water partition coefficient (Wildman–Crippen LogP) is 2.21. The van der Waals surface area contributed by atoms with Gasteiger partial charge in [-0.2, -0.15) is 0 Å². The van der Waals surface area contributed by atoms with Gasteiger partial charge in [-0.25, -0.2) is 13.8 Å². The molecule has 2 N–H and O–H groups in total. The fourth-order valence-electron chi connectivity index (χ4n) is 1.79. The van der Waals surface area contributed by atoms with Crippen LogP contribution in [0, 0.1) is 11.6 Å². The molecule has 22 heavy (non-hydrogen) atoms. The van der Waals surface area contributed by atoms with E-state index < -0.39 is 11.6 Å². The first-order valence-electron chi connectivity index (χ1n) is 6.60. The molecule has 0 fully saturated rings. The molecule has 0 saturated carbocycles. The molecule has 0 unspecified atom stereocenters. The number of halogens is 2. The number of carbonyl (C=O) groups excluding carboxylic acids is 1. The van der Waals surface area contributed by atoms with E-state index in [1.807, 2.05) is 0 Å². The maximum atomic E-state index is 13.4. The average Bonchev–Trinajstić information content (AvgIpc) is 2.53. The Morgan fingerprint density at radius 1 is 1.32 bits per heavy atom. The Balaban J connectivity index is 1.90. The van der Waals surface area contributed by atoms with Gasteiger partial charge in [0.2, 0.25) is 0 Å². The highest BCUT2D eigenvalue weighted by atomic mass is 19.1. The highest BCUT2D eigenvalue weighted by Crippen LogP contribution is 2.17. The van der Waals surface area contributed by atoms with E-state index in [0.717, 1.165) is 12.1 Å². The molecule has 0 bridgehead atoms. The van der Waals surface area contributed by atoms with Gasteiger partial charge < -0.3 is 15.4 Å². The van der Waals surface area contributed by atoms with Crippen molar-refractivity contribution in [3.05, 3.63) is 53.7 Å². The molecule has 0 saturated heterocycles. The zero-order valence-electron chi connectivity index (χ0n) is 11.9. The molecule has 0 radical (unpaired) electrons. The van der Waals surface area contributed by atoms with Gasteiger partial charge in [-0.15, -0.1) is 0 Å². The molecule has 5 nitrogen and oxygen atoms in total. The van der Waals surface area contributed by atoms with Crippen molar-refractivity contribution in [2.24, 2.45) is 0 Å². The van der Waals surface area contributed by atoms with Gasteiger partial charge >= 0.3 is 0 Å². The number of rotatable bonds is 6. The summed E-state index contributed by atoms with van der Waals surface area (Å²) in [6.45, 7) is 0.435. The van der Waals surface area contributed by atoms with Gasteiger partial charge in [0.05, 0.1) is 12.1 Å². The number of hydrogen-bond acceptors (Lipinski definition) is 4. The third-order valence-corrected chi connectivity index (χ3v) is 2.83. The molecule has 2 aromatic rings. The van der Waals surface area contributed by atoms with E-state index in [1.165, 1.54) is 13.1 Å². The van der Waals surface area contributed by atoms with Crippen molar-refractivity contribution in [1.29, 1.82) is 0 Å². The van der Waals surface area contributed by atoms with Crippen molar-refractivity contribution in [2.75, 3.05) is 25.5 Å². The summed E-state index contributed by atoms with van der Waals surface area (Å²) >= 11 is 0. The van der Waals surface area contributed by atoms with Crippen LogP contribution >= 0.6 is 0 Å². The summed E-state index contributed by atoms with van der Waals surface area (Å²) < 4.78 is 31.3. The first kappa shape index (κ1) is 15.7. The minimum absolute atomic E-state index is 0.0317. The minimum atomic E-state index is -0.760. The maximum Gasteiger partial charge on any atom is 0.254 e. The van der Waals surface area contributed by atoms with Gasteiger partial charge in [-0.05, 0) is 24.3 Å². The molecule has 1 amide bonds. The molecule has 0 aliphatic heterocycles. The molecule has 1 aromatic heterocycles. The molecule has 116 valence electrons. The summed E-state index contributed by atoms with van der Waals surface area (Å²) in [5.41, 5.74) is 0.401. The Labute approximate surface area is 126 Å². The molecule has 0 aliphatic rings. The summed E-state index contributed by atoms with van der Waals surface area (Å²) in [6.07, 6.45) is 1.55. The lowest BCUT2D eigenvalue weighted by molar-refractivity contribution is 0.0963. The topological polar surface area (TPSA) is 63.2 Å². The van der Waals surface area contributed by atoms with Crippen LogP contribution in [0.15, 0.2) is 36.5 Å². The summed E-state index contributed by atoms with van der Waals surface area (Å²) in [5.74, 6) is -1.31. The van der Waals surface area contributed by atoms with E-state index in [0.29, 0.717) is 17.9 Å². The van der Waals surface area contributed by atoms with Gasteiger partial charge in [0, 0.05) is 19.3 Å². The van der Waals surface area contributed by atoms with E-state index in [9.17, 15) is 13.6 Å². The molecule has 0 atom stereocenters. The van der Waals surface area contributed by atoms with Crippen molar-refractivity contribution >= 4 is 11.7 Å². The zero-order chi connectivity index (χ0) is 15.9. The Morgan fingerprint density at radius 3 is 2.86 bits per heavy atom. The van der Waals surface area contributed by atoms with E-state index in [4.69, 9.17) is 4.74 Å². The second-order valence-corrected chi connectivity index (χ2v) is 4.33. The molecule has 0 aliphatic carbocycles. The third-order valence-electron chi connectivity index (χ3n) is 2.83.